The largest absolute Gasteiger partial charge is 0.379 e. The Morgan fingerprint density at radius 3 is 2.88 bits per heavy atom. The fourth-order valence-corrected chi connectivity index (χ4v) is 5.09. The molecule has 2 unspecified atom stereocenters. The van der Waals surface area contributed by atoms with Crippen LogP contribution >= 0.6 is 0 Å². The molecule has 0 bridgehead atoms. The van der Waals surface area contributed by atoms with E-state index in [2.05, 4.69) is 11.8 Å². The summed E-state index contributed by atoms with van der Waals surface area (Å²) in [6, 6.07) is 0.251. The second-order valence-corrected chi connectivity index (χ2v) is 7.43. The van der Waals surface area contributed by atoms with Gasteiger partial charge in [0.2, 0.25) is 0 Å². The van der Waals surface area contributed by atoms with Gasteiger partial charge < -0.3 is 10.5 Å². The second-order valence-electron chi connectivity index (χ2n) is 5.24. The van der Waals surface area contributed by atoms with Gasteiger partial charge >= 0.3 is 0 Å². The molecule has 2 atom stereocenters. The maximum atomic E-state index is 11.9. The summed E-state index contributed by atoms with van der Waals surface area (Å²) >= 11 is 0. The molecule has 0 amide bonds. The van der Waals surface area contributed by atoms with E-state index in [0.717, 1.165) is 19.4 Å². The van der Waals surface area contributed by atoms with Gasteiger partial charge in [-0.15, -0.1) is 0 Å². The van der Waals surface area contributed by atoms with Crippen molar-refractivity contribution in [2.45, 2.75) is 31.3 Å². The summed E-state index contributed by atoms with van der Waals surface area (Å²) in [5.41, 5.74) is 5.54. The van der Waals surface area contributed by atoms with Gasteiger partial charge in [0.1, 0.15) is 0 Å². The summed E-state index contributed by atoms with van der Waals surface area (Å²) in [6.07, 6.45) is 1.61. The van der Waals surface area contributed by atoms with Crippen molar-refractivity contribution in [1.82, 2.24) is 4.90 Å². The fourth-order valence-electron chi connectivity index (χ4n) is 3.11. The lowest BCUT2D eigenvalue weighted by Crippen LogP contribution is -2.65. The molecular formula is C11H22N2O3S. The van der Waals surface area contributed by atoms with Crippen LogP contribution in [-0.4, -0.2) is 62.7 Å². The van der Waals surface area contributed by atoms with Crippen molar-refractivity contribution < 1.29 is 13.2 Å². The first-order valence-electron chi connectivity index (χ1n) is 6.24. The molecule has 0 radical (unpaired) electrons. The average molecular weight is 262 g/mol. The van der Waals surface area contributed by atoms with Gasteiger partial charge in [0, 0.05) is 24.7 Å². The summed E-state index contributed by atoms with van der Waals surface area (Å²) in [5.74, 6) is 0.522. The van der Waals surface area contributed by atoms with Crippen molar-refractivity contribution in [1.29, 1.82) is 0 Å². The Labute approximate surface area is 103 Å². The number of rotatable bonds is 2. The van der Waals surface area contributed by atoms with Gasteiger partial charge in [-0.3, -0.25) is 4.90 Å². The number of hydrogen-bond acceptors (Lipinski definition) is 5. The maximum Gasteiger partial charge on any atom is 0.152 e. The first-order valence-corrected chi connectivity index (χ1v) is 8.06. The molecule has 0 aromatic carbocycles. The number of hydrogen-bond donors (Lipinski definition) is 1. The highest BCUT2D eigenvalue weighted by Crippen LogP contribution is 2.31. The first-order chi connectivity index (χ1) is 7.99. The van der Waals surface area contributed by atoms with Gasteiger partial charge in [0.25, 0.3) is 0 Å². The van der Waals surface area contributed by atoms with Crippen molar-refractivity contribution in [3.05, 3.63) is 0 Å². The van der Waals surface area contributed by atoms with Crippen LogP contribution in [0.25, 0.3) is 0 Å². The summed E-state index contributed by atoms with van der Waals surface area (Å²) < 4.78 is 29.1. The van der Waals surface area contributed by atoms with Crippen molar-refractivity contribution >= 4 is 9.84 Å². The lowest BCUT2D eigenvalue weighted by atomic mass is 9.91. The molecule has 2 rings (SSSR count). The fraction of sp³-hybridized carbons (Fsp3) is 1.00. The van der Waals surface area contributed by atoms with Gasteiger partial charge in [0.15, 0.2) is 9.84 Å². The van der Waals surface area contributed by atoms with E-state index in [4.69, 9.17) is 10.5 Å². The zero-order valence-corrected chi connectivity index (χ0v) is 11.2. The van der Waals surface area contributed by atoms with E-state index in [1.807, 2.05) is 0 Å². The van der Waals surface area contributed by atoms with Crippen LogP contribution < -0.4 is 5.73 Å². The highest BCUT2D eigenvalue weighted by atomic mass is 32.2. The molecule has 2 aliphatic rings. The van der Waals surface area contributed by atoms with Crippen molar-refractivity contribution in [3.63, 3.8) is 0 Å². The van der Waals surface area contributed by atoms with Gasteiger partial charge in [0.05, 0.1) is 24.7 Å². The molecule has 100 valence electrons. The lowest BCUT2D eigenvalue weighted by Gasteiger charge is -2.49. The third-order valence-corrected chi connectivity index (χ3v) is 5.83. The van der Waals surface area contributed by atoms with E-state index < -0.39 is 9.84 Å². The Morgan fingerprint density at radius 2 is 2.29 bits per heavy atom. The molecule has 0 aliphatic carbocycles. The van der Waals surface area contributed by atoms with Gasteiger partial charge in [-0.25, -0.2) is 8.42 Å². The smallest absolute Gasteiger partial charge is 0.152 e. The minimum absolute atomic E-state index is 0.209. The van der Waals surface area contributed by atoms with Crippen molar-refractivity contribution in [2.75, 3.05) is 37.8 Å². The summed E-state index contributed by atoms with van der Waals surface area (Å²) in [6.45, 7) is 4.62. The van der Waals surface area contributed by atoms with Crippen LogP contribution in [0.2, 0.25) is 0 Å². The summed E-state index contributed by atoms with van der Waals surface area (Å²) in [4.78, 5) is 2.26. The van der Waals surface area contributed by atoms with E-state index in [0.29, 0.717) is 25.5 Å². The molecule has 0 spiro atoms. The van der Waals surface area contributed by atoms with Crippen LogP contribution in [0.4, 0.5) is 0 Å². The maximum absolute atomic E-state index is 11.9. The quantitative estimate of drug-likeness (QED) is 0.734. The van der Waals surface area contributed by atoms with E-state index in [1.165, 1.54) is 0 Å². The minimum atomic E-state index is -2.94. The van der Waals surface area contributed by atoms with Gasteiger partial charge in [-0.1, -0.05) is 0 Å². The van der Waals surface area contributed by atoms with Crippen LogP contribution in [0.1, 0.15) is 19.8 Å². The number of nitrogens with zero attached hydrogens (tertiary/aromatic N) is 1. The summed E-state index contributed by atoms with van der Waals surface area (Å²) in [5, 5.41) is 0. The monoisotopic (exact) mass is 262 g/mol. The molecule has 17 heavy (non-hydrogen) atoms. The Morgan fingerprint density at radius 1 is 1.53 bits per heavy atom. The lowest BCUT2D eigenvalue weighted by molar-refractivity contribution is -0.0532. The molecule has 5 nitrogen and oxygen atoms in total. The van der Waals surface area contributed by atoms with Gasteiger partial charge in [-0.05, 0) is 19.8 Å². The molecule has 0 aromatic heterocycles. The molecule has 2 heterocycles. The molecule has 2 aliphatic heterocycles. The minimum Gasteiger partial charge on any atom is -0.379 e. The van der Waals surface area contributed by atoms with Crippen LogP contribution in [-0.2, 0) is 14.6 Å². The van der Waals surface area contributed by atoms with Crippen molar-refractivity contribution in [2.24, 2.45) is 5.73 Å². The van der Waals surface area contributed by atoms with Gasteiger partial charge in [-0.2, -0.15) is 0 Å². The molecule has 6 heteroatoms. The van der Waals surface area contributed by atoms with Crippen molar-refractivity contribution in [3.8, 4) is 0 Å². The molecule has 0 saturated carbocycles. The average Bonchev–Trinajstić information content (AvgIpc) is 2.28. The third-order valence-electron chi connectivity index (χ3n) is 3.94. The Bertz CT molecular complexity index is 371. The topological polar surface area (TPSA) is 72.6 Å². The standard InChI is InChI=1S/C11H22N2O3S/c1-10-7-16-5-4-13(10)11(8-12)3-2-6-17(14,15)9-11/h10H,2-9,12H2,1H3. The predicted molar refractivity (Wildman–Crippen MR) is 66.7 cm³/mol. The zero-order valence-electron chi connectivity index (χ0n) is 10.4. The Hall–Kier alpha value is -0.170. The van der Waals surface area contributed by atoms with E-state index in [-0.39, 0.29) is 17.3 Å². The number of nitrogens with two attached hydrogens (primary N) is 1. The number of ether oxygens (including phenoxy) is 1. The number of sulfone groups is 1. The molecular weight excluding hydrogens is 240 g/mol. The molecule has 2 saturated heterocycles. The van der Waals surface area contributed by atoms with Crippen LogP contribution in [0.5, 0.6) is 0 Å². The second kappa shape index (κ2) is 4.84. The molecule has 2 N–H and O–H groups in total. The highest BCUT2D eigenvalue weighted by molar-refractivity contribution is 7.91. The molecule has 2 fully saturated rings. The van der Waals surface area contributed by atoms with Crippen LogP contribution in [0.3, 0.4) is 0 Å². The highest BCUT2D eigenvalue weighted by Gasteiger charge is 2.44. The normalized spacial score (nSPS) is 39.1. The number of morpholine rings is 1. The molecule has 0 aromatic rings. The SMILES string of the molecule is CC1COCCN1C1(CN)CCCS(=O)(=O)C1. The zero-order chi connectivity index (χ0) is 12.5. The van der Waals surface area contributed by atoms with Crippen LogP contribution in [0.15, 0.2) is 0 Å². The third kappa shape index (κ3) is 2.65. The first kappa shape index (κ1) is 13.3. The van der Waals surface area contributed by atoms with E-state index >= 15 is 0 Å². The predicted octanol–water partition coefficient (Wildman–Crippen LogP) is -0.387. The summed E-state index contributed by atoms with van der Waals surface area (Å²) in [7, 11) is -2.94. The van der Waals surface area contributed by atoms with E-state index in [9.17, 15) is 8.42 Å². The Kier molecular flexibility index (Phi) is 3.77. The Balaban J connectivity index is 2.23. The van der Waals surface area contributed by atoms with Crippen LogP contribution in [0, 0.1) is 0 Å². The van der Waals surface area contributed by atoms with E-state index in [1.54, 1.807) is 0 Å².